The molecule has 0 radical (unpaired) electrons. The minimum absolute atomic E-state index is 0.248. The number of halogens is 1. The molecule has 0 saturated heterocycles. The standard InChI is InChI=1S/C15H16FNO/c1-11-8-14(16)6-7-15(11)18-10-13-5-3-2-4-12(13)9-17/h2-8H,9-10,17H2,1H3. The first kappa shape index (κ1) is 12.6. The van der Waals surface area contributed by atoms with E-state index in [-0.39, 0.29) is 5.82 Å². The molecule has 0 unspecified atom stereocenters. The third-order valence-corrected chi connectivity index (χ3v) is 2.86. The average Bonchev–Trinajstić information content (AvgIpc) is 2.38. The lowest BCUT2D eigenvalue weighted by atomic mass is 10.1. The van der Waals surface area contributed by atoms with Crippen LogP contribution in [0.2, 0.25) is 0 Å². The van der Waals surface area contributed by atoms with Crippen LogP contribution in [-0.4, -0.2) is 0 Å². The van der Waals surface area contributed by atoms with Gasteiger partial charge in [-0.25, -0.2) is 4.39 Å². The normalized spacial score (nSPS) is 10.4. The van der Waals surface area contributed by atoms with E-state index in [0.717, 1.165) is 16.7 Å². The monoisotopic (exact) mass is 245 g/mol. The van der Waals surface area contributed by atoms with E-state index in [2.05, 4.69) is 0 Å². The van der Waals surface area contributed by atoms with E-state index in [1.54, 1.807) is 6.07 Å². The molecule has 0 saturated carbocycles. The van der Waals surface area contributed by atoms with Crippen molar-refractivity contribution in [2.45, 2.75) is 20.1 Å². The summed E-state index contributed by atoms with van der Waals surface area (Å²) in [6.45, 7) is 2.76. The Morgan fingerprint density at radius 3 is 2.50 bits per heavy atom. The molecule has 0 aromatic heterocycles. The summed E-state index contributed by atoms with van der Waals surface area (Å²) in [5.74, 6) is 0.449. The maximum atomic E-state index is 13.0. The molecule has 2 aromatic carbocycles. The molecule has 0 fully saturated rings. The Morgan fingerprint density at radius 1 is 1.11 bits per heavy atom. The number of aryl methyl sites for hydroxylation is 1. The van der Waals surface area contributed by atoms with Crippen LogP contribution in [0.5, 0.6) is 5.75 Å². The highest BCUT2D eigenvalue weighted by atomic mass is 19.1. The zero-order valence-electron chi connectivity index (χ0n) is 10.3. The summed E-state index contributed by atoms with van der Waals surface area (Å²) in [6.07, 6.45) is 0. The van der Waals surface area contributed by atoms with Crippen LogP contribution in [0.4, 0.5) is 4.39 Å². The molecule has 0 amide bonds. The molecule has 94 valence electrons. The molecule has 0 heterocycles. The third-order valence-electron chi connectivity index (χ3n) is 2.86. The third kappa shape index (κ3) is 2.87. The van der Waals surface area contributed by atoms with Gasteiger partial charge in [0.1, 0.15) is 18.2 Å². The molecular weight excluding hydrogens is 229 g/mol. The molecule has 0 aliphatic rings. The van der Waals surface area contributed by atoms with Crippen molar-refractivity contribution in [3.05, 3.63) is 65.0 Å². The summed E-state index contributed by atoms with van der Waals surface area (Å²) in [5.41, 5.74) is 8.58. The van der Waals surface area contributed by atoms with Crippen molar-refractivity contribution < 1.29 is 9.13 Å². The van der Waals surface area contributed by atoms with Crippen LogP contribution in [0.15, 0.2) is 42.5 Å². The first-order chi connectivity index (χ1) is 8.70. The van der Waals surface area contributed by atoms with Gasteiger partial charge in [0.25, 0.3) is 0 Å². The van der Waals surface area contributed by atoms with Gasteiger partial charge in [-0.15, -0.1) is 0 Å². The van der Waals surface area contributed by atoms with Crippen LogP contribution in [0.1, 0.15) is 16.7 Å². The fourth-order valence-corrected chi connectivity index (χ4v) is 1.83. The van der Waals surface area contributed by atoms with Gasteiger partial charge in [-0.1, -0.05) is 24.3 Å². The SMILES string of the molecule is Cc1cc(F)ccc1OCc1ccccc1CN. The fraction of sp³-hybridized carbons (Fsp3) is 0.200. The molecule has 0 atom stereocenters. The topological polar surface area (TPSA) is 35.2 Å². The Kier molecular flexibility index (Phi) is 3.95. The zero-order chi connectivity index (χ0) is 13.0. The van der Waals surface area contributed by atoms with Crippen molar-refractivity contribution in [1.82, 2.24) is 0 Å². The smallest absolute Gasteiger partial charge is 0.123 e. The van der Waals surface area contributed by atoms with Gasteiger partial charge >= 0.3 is 0 Å². The van der Waals surface area contributed by atoms with Gasteiger partial charge in [0.05, 0.1) is 0 Å². The van der Waals surface area contributed by atoms with Crippen LogP contribution < -0.4 is 10.5 Å². The van der Waals surface area contributed by atoms with Crippen molar-refractivity contribution in [2.75, 3.05) is 0 Å². The number of rotatable bonds is 4. The predicted octanol–water partition coefficient (Wildman–Crippen LogP) is 3.17. The number of benzene rings is 2. The van der Waals surface area contributed by atoms with Gasteiger partial charge in [0.15, 0.2) is 0 Å². The predicted molar refractivity (Wildman–Crippen MR) is 69.8 cm³/mol. The van der Waals surface area contributed by atoms with E-state index < -0.39 is 0 Å². The lowest BCUT2D eigenvalue weighted by molar-refractivity contribution is 0.302. The molecular formula is C15H16FNO. The summed E-state index contributed by atoms with van der Waals surface area (Å²) < 4.78 is 18.7. The second-order valence-corrected chi connectivity index (χ2v) is 4.17. The molecule has 2 nitrogen and oxygen atoms in total. The Morgan fingerprint density at radius 2 is 1.83 bits per heavy atom. The lowest BCUT2D eigenvalue weighted by Gasteiger charge is -2.11. The molecule has 2 aromatic rings. The number of hydrogen-bond acceptors (Lipinski definition) is 2. The van der Waals surface area contributed by atoms with Crippen molar-refractivity contribution >= 4 is 0 Å². The van der Waals surface area contributed by atoms with E-state index in [1.807, 2.05) is 31.2 Å². The molecule has 2 rings (SSSR count). The molecule has 0 bridgehead atoms. The maximum Gasteiger partial charge on any atom is 0.123 e. The van der Waals surface area contributed by atoms with Gasteiger partial charge in [-0.3, -0.25) is 0 Å². The highest BCUT2D eigenvalue weighted by Gasteiger charge is 2.04. The highest BCUT2D eigenvalue weighted by Crippen LogP contribution is 2.20. The van der Waals surface area contributed by atoms with Gasteiger partial charge in [-0.05, 0) is 41.8 Å². The maximum absolute atomic E-state index is 13.0. The van der Waals surface area contributed by atoms with E-state index in [1.165, 1.54) is 12.1 Å². The van der Waals surface area contributed by atoms with Crippen LogP contribution in [0.25, 0.3) is 0 Å². The summed E-state index contributed by atoms with van der Waals surface area (Å²) in [4.78, 5) is 0. The number of hydrogen-bond donors (Lipinski definition) is 1. The first-order valence-electron chi connectivity index (χ1n) is 5.86. The van der Waals surface area contributed by atoms with Gasteiger partial charge in [0, 0.05) is 6.54 Å². The quantitative estimate of drug-likeness (QED) is 0.898. The molecule has 0 aliphatic carbocycles. The highest BCUT2D eigenvalue weighted by molar-refractivity contribution is 5.33. The van der Waals surface area contributed by atoms with Gasteiger partial charge < -0.3 is 10.5 Å². The van der Waals surface area contributed by atoms with Crippen LogP contribution in [0, 0.1) is 12.7 Å². The minimum atomic E-state index is -0.248. The average molecular weight is 245 g/mol. The molecule has 18 heavy (non-hydrogen) atoms. The zero-order valence-corrected chi connectivity index (χ0v) is 10.3. The Balaban J connectivity index is 2.11. The Bertz CT molecular complexity index is 540. The second kappa shape index (κ2) is 5.65. The summed E-state index contributed by atoms with van der Waals surface area (Å²) in [7, 11) is 0. The van der Waals surface area contributed by atoms with E-state index in [9.17, 15) is 4.39 Å². The first-order valence-corrected chi connectivity index (χ1v) is 5.86. The minimum Gasteiger partial charge on any atom is -0.489 e. The summed E-state index contributed by atoms with van der Waals surface area (Å²) in [6, 6.07) is 12.4. The van der Waals surface area contributed by atoms with Crippen LogP contribution >= 0.6 is 0 Å². The van der Waals surface area contributed by atoms with Crippen LogP contribution in [-0.2, 0) is 13.2 Å². The Labute approximate surface area is 106 Å². The Hall–Kier alpha value is -1.87. The fourth-order valence-electron chi connectivity index (χ4n) is 1.83. The second-order valence-electron chi connectivity index (χ2n) is 4.17. The van der Waals surface area contributed by atoms with Gasteiger partial charge in [0.2, 0.25) is 0 Å². The van der Waals surface area contributed by atoms with Gasteiger partial charge in [-0.2, -0.15) is 0 Å². The summed E-state index contributed by atoms with van der Waals surface area (Å²) in [5, 5.41) is 0. The molecule has 0 spiro atoms. The van der Waals surface area contributed by atoms with Crippen molar-refractivity contribution in [2.24, 2.45) is 5.73 Å². The number of nitrogens with two attached hydrogens (primary N) is 1. The van der Waals surface area contributed by atoms with E-state index in [4.69, 9.17) is 10.5 Å². The van der Waals surface area contributed by atoms with E-state index >= 15 is 0 Å². The van der Waals surface area contributed by atoms with E-state index in [0.29, 0.717) is 18.9 Å². The van der Waals surface area contributed by atoms with Crippen molar-refractivity contribution in [3.8, 4) is 5.75 Å². The number of ether oxygens (including phenoxy) is 1. The molecule has 0 aliphatic heterocycles. The molecule has 3 heteroatoms. The van der Waals surface area contributed by atoms with Crippen LogP contribution in [0.3, 0.4) is 0 Å². The lowest BCUT2D eigenvalue weighted by Crippen LogP contribution is -2.05. The molecule has 2 N–H and O–H groups in total. The summed E-state index contributed by atoms with van der Waals surface area (Å²) >= 11 is 0. The largest absolute Gasteiger partial charge is 0.489 e. The van der Waals surface area contributed by atoms with Crippen molar-refractivity contribution in [3.63, 3.8) is 0 Å². The van der Waals surface area contributed by atoms with Crippen molar-refractivity contribution in [1.29, 1.82) is 0 Å².